The minimum absolute atomic E-state index is 0. The van der Waals surface area contributed by atoms with E-state index in [0.29, 0.717) is 0 Å². The summed E-state index contributed by atoms with van der Waals surface area (Å²) in [4.78, 5) is 0. The van der Waals surface area contributed by atoms with Crippen LogP contribution in [0.15, 0.2) is 12.1 Å². The summed E-state index contributed by atoms with van der Waals surface area (Å²) in [7, 11) is 0. The van der Waals surface area contributed by atoms with E-state index in [2.05, 4.69) is 0 Å². The summed E-state index contributed by atoms with van der Waals surface area (Å²) in [5.74, 6) is -1.56. The number of alkyl halides is 1. The quantitative estimate of drug-likeness (QED) is 0.823. The van der Waals surface area contributed by atoms with Gasteiger partial charge in [-0.3, -0.25) is 0 Å². The third-order valence-electron chi connectivity index (χ3n) is 1.86. The highest BCUT2D eigenvalue weighted by Gasteiger charge is 2.17. The first-order valence-corrected chi connectivity index (χ1v) is 3.84. The molecule has 0 fully saturated rings. The topological polar surface area (TPSA) is 26.0 Å². The van der Waals surface area contributed by atoms with Crippen LogP contribution in [0.25, 0.3) is 0 Å². The fourth-order valence-corrected chi connectivity index (χ4v) is 1.10. The van der Waals surface area contributed by atoms with Crippen molar-refractivity contribution in [3.05, 3.63) is 34.9 Å². The first-order chi connectivity index (χ1) is 6.07. The zero-order valence-electron chi connectivity index (χ0n) is 7.56. The Hall–Kier alpha value is -0.740. The van der Waals surface area contributed by atoms with Gasteiger partial charge in [0, 0.05) is 5.56 Å². The summed E-state index contributed by atoms with van der Waals surface area (Å²) < 4.78 is 38.3. The molecular formula is C9H11ClF3N. The number of rotatable bonds is 2. The number of hydrogen-bond donors (Lipinski definition) is 1. The number of nitrogens with two attached hydrogens (primary N) is 1. The Morgan fingerprint density at radius 1 is 1.36 bits per heavy atom. The van der Waals surface area contributed by atoms with Crippen LogP contribution in [-0.4, -0.2) is 6.67 Å². The molecule has 2 N–H and O–H groups in total. The van der Waals surface area contributed by atoms with Gasteiger partial charge in [0.05, 0.1) is 6.04 Å². The molecule has 1 aromatic carbocycles. The summed E-state index contributed by atoms with van der Waals surface area (Å²) in [6.07, 6.45) is 0. The maximum atomic E-state index is 13.2. The van der Waals surface area contributed by atoms with Crippen molar-refractivity contribution < 1.29 is 13.2 Å². The number of benzene rings is 1. The molecule has 1 rings (SSSR count). The minimum atomic E-state index is -1.22. The molecule has 0 aliphatic carbocycles. The molecular weight excluding hydrogens is 215 g/mol. The molecule has 0 heterocycles. The maximum Gasteiger partial charge on any atom is 0.133 e. The number of aryl methyl sites for hydroxylation is 1. The van der Waals surface area contributed by atoms with E-state index in [1.807, 2.05) is 0 Å². The van der Waals surface area contributed by atoms with Crippen LogP contribution in [0.1, 0.15) is 17.2 Å². The van der Waals surface area contributed by atoms with Gasteiger partial charge >= 0.3 is 0 Å². The largest absolute Gasteiger partial charge is 0.322 e. The highest BCUT2D eigenvalue weighted by atomic mass is 35.5. The molecule has 0 aromatic heterocycles. The number of halogens is 4. The monoisotopic (exact) mass is 225 g/mol. The lowest BCUT2D eigenvalue weighted by atomic mass is 10.0. The second-order valence-corrected chi connectivity index (χ2v) is 2.85. The Morgan fingerprint density at radius 3 is 2.43 bits per heavy atom. The molecule has 0 spiro atoms. The van der Waals surface area contributed by atoms with Crippen molar-refractivity contribution >= 4 is 12.4 Å². The second-order valence-electron chi connectivity index (χ2n) is 2.85. The average Bonchev–Trinajstić information content (AvgIpc) is 2.12. The van der Waals surface area contributed by atoms with Crippen molar-refractivity contribution in [2.45, 2.75) is 13.0 Å². The maximum absolute atomic E-state index is 13.2. The van der Waals surface area contributed by atoms with Gasteiger partial charge < -0.3 is 5.73 Å². The summed E-state index contributed by atoms with van der Waals surface area (Å²) >= 11 is 0. The lowest BCUT2D eigenvalue weighted by Crippen LogP contribution is -2.16. The van der Waals surface area contributed by atoms with Gasteiger partial charge in [0.1, 0.15) is 18.3 Å². The van der Waals surface area contributed by atoms with Gasteiger partial charge in [-0.2, -0.15) is 0 Å². The van der Waals surface area contributed by atoms with Gasteiger partial charge in [-0.1, -0.05) is 6.07 Å². The molecule has 5 heteroatoms. The number of hydrogen-bond acceptors (Lipinski definition) is 1. The van der Waals surface area contributed by atoms with Gasteiger partial charge in [-0.05, 0) is 18.6 Å². The Kier molecular flexibility index (Phi) is 4.94. The Labute approximate surface area is 86.5 Å². The molecule has 1 atom stereocenters. The van der Waals surface area contributed by atoms with Crippen molar-refractivity contribution in [3.63, 3.8) is 0 Å². The zero-order valence-corrected chi connectivity index (χ0v) is 8.38. The van der Waals surface area contributed by atoms with Crippen molar-refractivity contribution in [1.29, 1.82) is 0 Å². The van der Waals surface area contributed by atoms with E-state index in [4.69, 9.17) is 5.73 Å². The van der Waals surface area contributed by atoms with Crippen LogP contribution in [0.2, 0.25) is 0 Å². The van der Waals surface area contributed by atoms with Gasteiger partial charge in [0.15, 0.2) is 0 Å². The highest BCUT2D eigenvalue weighted by Crippen LogP contribution is 2.21. The summed E-state index contributed by atoms with van der Waals surface area (Å²) in [6, 6.07) is 1.16. The van der Waals surface area contributed by atoms with Crippen molar-refractivity contribution in [1.82, 2.24) is 0 Å². The van der Waals surface area contributed by atoms with Crippen LogP contribution in [0.3, 0.4) is 0 Å². The third-order valence-corrected chi connectivity index (χ3v) is 1.86. The molecule has 0 saturated carbocycles. The van der Waals surface area contributed by atoms with Crippen molar-refractivity contribution in [2.24, 2.45) is 5.73 Å². The Morgan fingerprint density at radius 2 is 1.93 bits per heavy atom. The average molecular weight is 226 g/mol. The SMILES string of the molecule is Cc1ccc(F)c([C@@H](N)CF)c1F.Cl. The smallest absolute Gasteiger partial charge is 0.133 e. The van der Waals surface area contributed by atoms with Gasteiger partial charge in [0.2, 0.25) is 0 Å². The van der Waals surface area contributed by atoms with Crippen molar-refractivity contribution in [2.75, 3.05) is 6.67 Å². The third kappa shape index (κ3) is 2.39. The van der Waals surface area contributed by atoms with Crippen LogP contribution in [0.4, 0.5) is 13.2 Å². The van der Waals surface area contributed by atoms with E-state index in [0.717, 1.165) is 6.07 Å². The van der Waals surface area contributed by atoms with E-state index in [1.54, 1.807) is 0 Å². The molecule has 1 aromatic rings. The molecule has 14 heavy (non-hydrogen) atoms. The highest BCUT2D eigenvalue weighted by molar-refractivity contribution is 5.85. The molecule has 80 valence electrons. The van der Waals surface area contributed by atoms with Crippen LogP contribution >= 0.6 is 12.4 Å². The van der Waals surface area contributed by atoms with Crippen LogP contribution in [0, 0.1) is 18.6 Å². The Bertz CT molecular complexity index is 317. The molecule has 0 bridgehead atoms. The predicted octanol–water partition coefficient (Wildman–Crippen LogP) is 2.66. The zero-order chi connectivity index (χ0) is 10.0. The molecule has 1 nitrogen and oxygen atoms in total. The van der Waals surface area contributed by atoms with Crippen molar-refractivity contribution in [3.8, 4) is 0 Å². The van der Waals surface area contributed by atoms with E-state index >= 15 is 0 Å². The molecule has 0 unspecified atom stereocenters. The van der Waals surface area contributed by atoms with E-state index < -0.39 is 24.4 Å². The first-order valence-electron chi connectivity index (χ1n) is 3.84. The predicted molar refractivity (Wildman–Crippen MR) is 51.2 cm³/mol. The molecule has 0 aliphatic heterocycles. The Balaban J connectivity index is 0.00000169. The molecule has 0 aliphatic rings. The standard InChI is InChI=1S/C9H10F3N.ClH/c1-5-2-3-6(11)8(9(5)12)7(13)4-10;/h2-3,7H,4,13H2,1H3;1H/t7-;/m0./s1. The summed E-state index contributed by atoms with van der Waals surface area (Å²) in [5, 5.41) is 0. The lowest BCUT2D eigenvalue weighted by Gasteiger charge is -2.11. The van der Waals surface area contributed by atoms with E-state index in [-0.39, 0.29) is 23.5 Å². The van der Waals surface area contributed by atoms with Crippen LogP contribution < -0.4 is 5.73 Å². The first kappa shape index (κ1) is 13.3. The van der Waals surface area contributed by atoms with E-state index in [1.165, 1.54) is 13.0 Å². The van der Waals surface area contributed by atoms with Crippen LogP contribution in [0.5, 0.6) is 0 Å². The van der Waals surface area contributed by atoms with Gasteiger partial charge in [-0.15, -0.1) is 12.4 Å². The van der Waals surface area contributed by atoms with Crippen LogP contribution in [-0.2, 0) is 0 Å². The fraction of sp³-hybridized carbons (Fsp3) is 0.333. The molecule has 0 amide bonds. The summed E-state index contributed by atoms with van der Waals surface area (Å²) in [5.41, 5.74) is 5.10. The summed E-state index contributed by atoms with van der Waals surface area (Å²) in [6.45, 7) is 0.501. The van der Waals surface area contributed by atoms with Gasteiger partial charge in [0.25, 0.3) is 0 Å². The molecule has 0 radical (unpaired) electrons. The lowest BCUT2D eigenvalue weighted by molar-refractivity contribution is 0.412. The molecule has 0 saturated heterocycles. The second kappa shape index (κ2) is 5.22. The van der Waals surface area contributed by atoms with Gasteiger partial charge in [-0.25, -0.2) is 13.2 Å². The normalized spacial score (nSPS) is 12.1. The van der Waals surface area contributed by atoms with E-state index in [9.17, 15) is 13.2 Å². The minimum Gasteiger partial charge on any atom is -0.322 e. The fourth-order valence-electron chi connectivity index (χ4n) is 1.10.